The highest BCUT2D eigenvalue weighted by atomic mass is 19.3. The first kappa shape index (κ1) is 8.47. The van der Waals surface area contributed by atoms with E-state index in [4.69, 9.17) is 4.74 Å². The van der Waals surface area contributed by atoms with Crippen LogP contribution in [0.2, 0.25) is 0 Å². The van der Waals surface area contributed by atoms with Gasteiger partial charge in [-0.25, -0.2) is 13.5 Å². The molecule has 0 radical (unpaired) electrons. The van der Waals surface area contributed by atoms with Crippen molar-refractivity contribution in [2.45, 2.75) is 19.9 Å². The molecule has 0 amide bonds. The number of fused-ring (bicyclic) bond motifs is 1. The Morgan fingerprint density at radius 1 is 1.69 bits per heavy atom. The van der Waals surface area contributed by atoms with E-state index in [-0.39, 0.29) is 5.69 Å². The van der Waals surface area contributed by atoms with Crippen LogP contribution in [0.5, 0.6) is 5.88 Å². The number of hydrogen-bond acceptors (Lipinski definition) is 2. The van der Waals surface area contributed by atoms with Gasteiger partial charge in [-0.15, -0.1) is 0 Å². The predicted molar refractivity (Wildman–Crippen MR) is 41.8 cm³/mol. The molecule has 1 aliphatic heterocycles. The summed E-state index contributed by atoms with van der Waals surface area (Å²) in [5.74, 6) is 0.784. The normalized spacial score (nSPS) is 21.4. The molecule has 1 aliphatic rings. The van der Waals surface area contributed by atoms with Gasteiger partial charge in [0, 0.05) is 12.0 Å². The van der Waals surface area contributed by atoms with Gasteiger partial charge in [0.25, 0.3) is 6.43 Å². The zero-order valence-electron chi connectivity index (χ0n) is 7.20. The standard InChI is InChI=1S/C8H10F2N2O/c1-5-3-12-7(13-4-5)2-6(11-12)8(9)10/h2,5,8H,3-4H2,1H3. The molecule has 13 heavy (non-hydrogen) atoms. The van der Waals surface area contributed by atoms with E-state index in [0.717, 1.165) is 0 Å². The Kier molecular flexibility index (Phi) is 1.94. The van der Waals surface area contributed by atoms with Crippen LogP contribution in [0.1, 0.15) is 19.0 Å². The molecule has 1 aromatic heterocycles. The number of nitrogens with zero attached hydrogens (tertiary/aromatic N) is 2. The third-order valence-electron chi connectivity index (χ3n) is 1.99. The maximum absolute atomic E-state index is 12.2. The number of hydrogen-bond donors (Lipinski definition) is 0. The summed E-state index contributed by atoms with van der Waals surface area (Å²) in [5.41, 5.74) is -0.205. The lowest BCUT2D eigenvalue weighted by Gasteiger charge is -2.20. The number of halogens is 2. The van der Waals surface area contributed by atoms with E-state index in [2.05, 4.69) is 5.10 Å². The van der Waals surface area contributed by atoms with E-state index in [1.165, 1.54) is 10.7 Å². The highest BCUT2D eigenvalue weighted by Gasteiger charge is 2.21. The predicted octanol–water partition coefficient (Wildman–Crippen LogP) is 1.85. The minimum absolute atomic E-state index is 0.205. The van der Waals surface area contributed by atoms with Crippen molar-refractivity contribution in [3.8, 4) is 5.88 Å². The van der Waals surface area contributed by atoms with Crippen molar-refractivity contribution in [2.75, 3.05) is 6.61 Å². The molecule has 1 atom stereocenters. The lowest BCUT2D eigenvalue weighted by Crippen LogP contribution is -2.23. The Morgan fingerprint density at radius 3 is 3.15 bits per heavy atom. The molecule has 0 aromatic carbocycles. The molecule has 0 saturated heterocycles. The fraction of sp³-hybridized carbons (Fsp3) is 0.625. The first-order valence-corrected chi connectivity index (χ1v) is 4.15. The molecule has 2 heterocycles. The van der Waals surface area contributed by atoms with Gasteiger partial charge in [-0.3, -0.25) is 0 Å². The summed E-state index contributed by atoms with van der Waals surface area (Å²) >= 11 is 0. The molecule has 0 spiro atoms. The molecule has 0 N–H and O–H groups in total. The zero-order valence-corrected chi connectivity index (χ0v) is 7.20. The first-order valence-electron chi connectivity index (χ1n) is 4.15. The molecule has 0 bridgehead atoms. The second-order valence-electron chi connectivity index (χ2n) is 3.31. The summed E-state index contributed by atoms with van der Waals surface area (Å²) in [4.78, 5) is 0. The SMILES string of the molecule is CC1COc2cc(C(F)F)nn2C1. The van der Waals surface area contributed by atoms with E-state index in [9.17, 15) is 8.78 Å². The number of alkyl halides is 2. The monoisotopic (exact) mass is 188 g/mol. The van der Waals surface area contributed by atoms with Gasteiger partial charge in [0.05, 0.1) is 13.2 Å². The van der Waals surface area contributed by atoms with Crippen molar-refractivity contribution in [3.05, 3.63) is 11.8 Å². The maximum atomic E-state index is 12.2. The summed E-state index contributed by atoms with van der Waals surface area (Å²) in [6.45, 7) is 3.23. The molecule has 72 valence electrons. The summed E-state index contributed by atoms with van der Waals surface area (Å²) in [5, 5.41) is 3.74. The van der Waals surface area contributed by atoms with Gasteiger partial charge in [0.15, 0.2) is 0 Å². The fourth-order valence-corrected chi connectivity index (χ4v) is 1.35. The van der Waals surface area contributed by atoms with E-state index >= 15 is 0 Å². The number of rotatable bonds is 1. The molecule has 1 aromatic rings. The number of aromatic nitrogens is 2. The molecule has 0 aliphatic carbocycles. The fourth-order valence-electron chi connectivity index (χ4n) is 1.35. The first-order chi connectivity index (χ1) is 6.16. The molecule has 0 fully saturated rings. The van der Waals surface area contributed by atoms with Crippen LogP contribution in [0.25, 0.3) is 0 Å². The second-order valence-corrected chi connectivity index (χ2v) is 3.31. The van der Waals surface area contributed by atoms with E-state index in [1.54, 1.807) is 0 Å². The average molecular weight is 188 g/mol. The third kappa shape index (κ3) is 1.50. The lowest BCUT2D eigenvalue weighted by atomic mass is 10.2. The second kappa shape index (κ2) is 2.97. The van der Waals surface area contributed by atoms with Gasteiger partial charge < -0.3 is 4.74 Å². The van der Waals surface area contributed by atoms with Gasteiger partial charge in [-0.05, 0) is 0 Å². The summed E-state index contributed by atoms with van der Waals surface area (Å²) in [7, 11) is 0. The van der Waals surface area contributed by atoms with E-state index < -0.39 is 6.43 Å². The highest BCUT2D eigenvalue weighted by Crippen LogP contribution is 2.26. The van der Waals surface area contributed by atoms with Crippen LogP contribution >= 0.6 is 0 Å². The topological polar surface area (TPSA) is 27.1 Å². The Labute approximate surface area is 74.3 Å². The van der Waals surface area contributed by atoms with Gasteiger partial charge >= 0.3 is 0 Å². The smallest absolute Gasteiger partial charge is 0.282 e. The van der Waals surface area contributed by atoms with Gasteiger partial charge in [0.1, 0.15) is 5.69 Å². The molecule has 3 nitrogen and oxygen atoms in total. The Balaban J connectivity index is 2.28. The third-order valence-corrected chi connectivity index (χ3v) is 1.99. The molecule has 1 unspecified atom stereocenters. The summed E-state index contributed by atoms with van der Waals surface area (Å²) in [6.07, 6.45) is -2.52. The molecular formula is C8H10F2N2O. The molecule has 0 saturated carbocycles. The average Bonchev–Trinajstić information content (AvgIpc) is 2.46. The minimum Gasteiger partial charge on any atom is -0.477 e. The summed E-state index contributed by atoms with van der Waals surface area (Å²) in [6, 6.07) is 1.30. The van der Waals surface area contributed by atoms with Crippen molar-refractivity contribution in [1.82, 2.24) is 9.78 Å². The van der Waals surface area contributed by atoms with Crippen molar-refractivity contribution >= 4 is 0 Å². The molecular weight excluding hydrogens is 178 g/mol. The number of ether oxygens (including phenoxy) is 1. The Hall–Kier alpha value is -1.13. The zero-order chi connectivity index (χ0) is 9.42. The van der Waals surface area contributed by atoms with Crippen molar-refractivity contribution in [3.63, 3.8) is 0 Å². The van der Waals surface area contributed by atoms with Gasteiger partial charge in [-0.2, -0.15) is 5.10 Å². The van der Waals surface area contributed by atoms with Crippen molar-refractivity contribution in [2.24, 2.45) is 5.92 Å². The van der Waals surface area contributed by atoms with Crippen LogP contribution in [-0.2, 0) is 6.54 Å². The van der Waals surface area contributed by atoms with Gasteiger partial charge in [0.2, 0.25) is 5.88 Å². The molecule has 2 rings (SSSR count). The van der Waals surface area contributed by atoms with E-state index in [0.29, 0.717) is 24.9 Å². The molecule has 5 heteroatoms. The van der Waals surface area contributed by atoms with Crippen molar-refractivity contribution < 1.29 is 13.5 Å². The van der Waals surface area contributed by atoms with Crippen LogP contribution in [0, 0.1) is 5.92 Å². The quantitative estimate of drug-likeness (QED) is 0.672. The van der Waals surface area contributed by atoms with Crippen LogP contribution in [0.15, 0.2) is 6.07 Å². The van der Waals surface area contributed by atoms with Crippen LogP contribution in [0.4, 0.5) is 8.78 Å². The highest BCUT2D eigenvalue weighted by molar-refractivity contribution is 5.18. The van der Waals surface area contributed by atoms with Gasteiger partial charge in [-0.1, -0.05) is 6.92 Å². The Bertz CT molecular complexity index is 311. The van der Waals surface area contributed by atoms with E-state index in [1.807, 2.05) is 6.92 Å². The van der Waals surface area contributed by atoms with Crippen LogP contribution < -0.4 is 4.74 Å². The summed E-state index contributed by atoms with van der Waals surface area (Å²) < 4.78 is 31.2. The van der Waals surface area contributed by atoms with Crippen LogP contribution in [0.3, 0.4) is 0 Å². The van der Waals surface area contributed by atoms with Crippen LogP contribution in [-0.4, -0.2) is 16.4 Å². The Morgan fingerprint density at radius 2 is 2.46 bits per heavy atom. The van der Waals surface area contributed by atoms with Crippen molar-refractivity contribution in [1.29, 1.82) is 0 Å². The lowest BCUT2D eigenvalue weighted by molar-refractivity contribution is 0.143. The minimum atomic E-state index is -2.52. The maximum Gasteiger partial charge on any atom is 0.282 e. The largest absolute Gasteiger partial charge is 0.477 e.